The molecule has 5 nitrogen and oxygen atoms in total. The van der Waals surface area contributed by atoms with Crippen molar-refractivity contribution in [1.82, 2.24) is 4.90 Å². The van der Waals surface area contributed by atoms with Gasteiger partial charge in [-0.25, -0.2) is 0 Å². The average Bonchev–Trinajstić information content (AvgIpc) is 3.17. The molecule has 1 aliphatic carbocycles. The summed E-state index contributed by atoms with van der Waals surface area (Å²) in [6.45, 7) is 10.9. The molecule has 0 radical (unpaired) electrons. The molecule has 2 aliphatic heterocycles. The van der Waals surface area contributed by atoms with Crippen molar-refractivity contribution in [3.63, 3.8) is 0 Å². The van der Waals surface area contributed by atoms with E-state index in [1.807, 2.05) is 0 Å². The number of hydrogen-bond donors (Lipinski definition) is 0. The molecule has 9 heteroatoms. The summed E-state index contributed by atoms with van der Waals surface area (Å²) in [4.78, 5) is 14.6. The lowest BCUT2D eigenvalue weighted by Crippen LogP contribution is -2.56. The average molecular weight is 480 g/mol. The van der Waals surface area contributed by atoms with Crippen LogP contribution in [0.25, 0.3) is 0 Å². The van der Waals surface area contributed by atoms with E-state index in [-0.39, 0.29) is 23.0 Å². The molecule has 0 unspecified atom stereocenters. The fourth-order valence-corrected chi connectivity index (χ4v) is 6.49. The lowest BCUT2D eigenvalue weighted by molar-refractivity contribution is -0.188. The minimum absolute atomic E-state index is 0.0218. The second kappa shape index (κ2) is 9.19. The Morgan fingerprint density at radius 1 is 1.12 bits per heavy atom. The number of alkyl halides is 3. The fraction of sp³-hybridized carbons (Fsp3) is 0.957. The van der Waals surface area contributed by atoms with E-state index < -0.39 is 32.8 Å². The van der Waals surface area contributed by atoms with Gasteiger partial charge in [-0.15, -0.1) is 0 Å². The van der Waals surface area contributed by atoms with Crippen molar-refractivity contribution >= 4 is 14.3 Å². The zero-order valence-electron chi connectivity index (χ0n) is 20.3. The molecule has 3 aliphatic rings. The van der Waals surface area contributed by atoms with Gasteiger partial charge in [-0.3, -0.25) is 9.69 Å². The number of fused-ring (bicyclic) bond motifs is 2. The Morgan fingerprint density at radius 3 is 2.38 bits per heavy atom. The minimum Gasteiger partial charge on any atom is -0.456 e. The zero-order valence-corrected chi connectivity index (χ0v) is 21.3. The maximum Gasteiger partial charge on any atom is 0.422 e. The summed E-state index contributed by atoms with van der Waals surface area (Å²) in [5, 5.41) is 0.127. The van der Waals surface area contributed by atoms with Gasteiger partial charge >= 0.3 is 12.1 Å². The van der Waals surface area contributed by atoms with Crippen molar-refractivity contribution in [3.05, 3.63) is 0 Å². The highest BCUT2D eigenvalue weighted by Crippen LogP contribution is 2.53. The highest BCUT2D eigenvalue weighted by atomic mass is 28.4. The van der Waals surface area contributed by atoms with Crippen LogP contribution in [0.5, 0.6) is 0 Å². The summed E-state index contributed by atoms with van der Waals surface area (Å²) >= 11 is 0. The van der Waals surface area contributed by atoms with Crippen LogP contribution in [0.1, 0.15) is 78.6 Å². The summed E-state index contributed by atoms with van der Waals surface area (Å²) in [7, 11) is -1.88. The van der Waals surface area contributed by atoms with Crippen LogP contribution in [-0.4, -0.2) is 62.5 Å². The van der Waals surface area contributed by atoms with E-state index in [0.29, 0.717) is 13.2 Å². The third-order valence-corrected chi connectivity index (χ3v) is 12.7. The molecule has 0 aromatic heterocycles. The first kappa shape index (κ1) is 26.0. The van der Waals surface area contributed by atoms with Crippen LogP contribution in [0.4, 0.5) is 13.2 Å². The van der Waals surface area contributed by atoms with Crippen LogP contribution in [0.3, 0.4) is 0 Å². The number of nitrogens with zero attached hydrogens (tertiary/aromatic N) is 1. The molecule has 32 heavy (non-hydrogen) atoms. The number of carbonyl (C=O) groups excluding carboxylic acids is 1. The molecule has 1 spiro atoms. The maximum atomic E-state index is 12.5. The van der Waals surface area contributed by atoms with Crippen LogP contribution in [0, 0.1) is 0 Å². The van der Waals surface area contributed by atoms with Crippen LogP contribution < -0.4 is 0 Å². The Labute approximate surface area is 191 Å². The van der Waals surface area contributed by atoms with Gasteiger partial charge in [0.2, 0.25) is 0 Å². The topological polar surface area (TPSA) is 48.0 Å². The normalized spacial score (nSPS) is 28.8. The molecule has 2 heterocycles. The van der Waals surface area contributed by atoms with E-state index in [9.17, 15) is 18.0 Å². The molecule has 1 saturated carbocycles. The van der Waals surface area contributed by atoms with Crippen molar-refractivity contribution in [2.45, 2.75) is 120 Å². The van der Waals surface area contributed by atoms with Crippen molar-refractivity contribution in [1.29, 1.82) is 0 Å². The van der Waals surface area contributed by atoms with Gasteiger partial charge < -0.3 is 13.9 Å². The molecule has 0 amide bonds. The van der Waals surface area contributed by atoms with Gasteiger partial charge in [0.05, 0.1) is 13.0 Å². The van der Waals surface area contributed by atoms with Gasteiger partial charge in [0.25, 0.3) is 0 Å². The van der Waals surface area contributed by atoms with Gasteiger partial charge in [0.1, 0.15) is 5.72 Å². The van der Waals surface area contributed by atoms with Gasteiger partial charge in [0, 0.05) is 18.2 Å². The smallest absolute Gasteiger partial charge is 0.422 e. The molecule has 2 atom stereocenters. The highest BCUT2D eigenvalue weighted by molar-refractivity contribution is 6.74. The molecule has 2 saturated heterocycles. The zero-order chi connectivity index (χ0) is 23.8. The third-order valence-electron chi connectivity index (χ3n) is 8.14. The predicted molar refractivity (Wildman–Crippen MR) is 119 cm³/mol. The number of ether oxygens (including phenoxy) is 2. The quantitative estimate of drug-likeness (QED) is 0.342. The van der Waals surface area contributed by atoms with Crippen LogP contribution in [-0.2, 0) is 18.7 Å². The highest BCUT2D eigenvalue weighted by Gasteiger charge is 2.61. The van der Waals surface area contributed by atoms with E-state index in [4.69, 9.17) is 9.16 Å². The third kappa shape index (κ3) is 5.53. The molecule has 0 aromatic rings. The summed E-state index contributed by atoms with van der Waals surface area (Å²) in [6.07, 6.45) is 3.05. The van der Waals surface area contributed by atoms with Crippen molar-refractivity contribution in [3.8, 4) is 0 Å². The monoisotopic (exact) mass is 479 g/mol. The number of carbonyl (C=O) groups is 1. The number of halogens is 3. The first-order valence-electron chi connectivity index (χ1n) is 12.0. The molecule has 3 rings (SSSR count). The van der Waals surface area contributed by atoms with Gasteiger partial charge in [0.15, 0.2) is 14.9 Å². The van der Waals surface area contributed by atoms with Crippen LogP contribution >= 0.6 is 0 Å². The first-order valence-corrected chi connectivity index (χ1v) is 14.9. The molecule has 186 valence electrons. The van der Waals surface area contributed by atoms with Gasteiger partial charge in [-0.2, -0.15) is 13.2 Å². The summed E-state index contributed by atoms with van der Waals surface area (Å²) < 4.78 is 55.0. The van der Waals surface area contributed by atoms with Gasteiger partial charge in [-0.05, 0) is 63.1 Å². The molecular weight excluding hydrogens is 439 g/mol. The predicted octanol–water partition coefficient (Wildman–Crippen LogP) is 5.79. The first-order chi connectivity index (χ1) is 14.7. The van der Waals surface area contributed by atoms with Crippen molar-refractivity contribution in [2.24, 2.45) is 0 Å². The van der Waals surface area contributed by atoms with E-state index in [1.54, 1.807) is 0 Å². The van der Waals surface area contributed by atoms with Gasteiger partial charge in [-0.1, -0.05) is 27.2 Å². The summed E-state index contributed by atoms with van der Waals surface area (Å²) in [6, 6.07) is -0.149. The Morgan fingerprint density at radius 2 is 1.78 bits per heavy atom. The largest absolute Gasteiger partial charge is 0.456 e. The van der Waals surface area contributed by atoms with Crippen molar-refractivity contribution in [2.75, 3.05) is 19.8 Å². The summed E-state index contributed by atoms with van der Waals surface area (Å²) in [5.74, 6) is -0.779. The van der Waals surface area contributed by atoms with E-state index >= 15 is 0 Å². The molecule has 0 N–H and O–H groups in total. The standard InChI is InChI=1S/C23H40F3NO4Si/c1-20(2,3)32(4,5)31-14-13-21-12-9-18(15-19(28)29-17-23(24,25)26)27(21)22(30-16-21)10-7-6-8-11-22/h18H,6-17H2,1-5H3/t18-,21+/m1/s1. The van der Waals surface area contributed by atoms with Crippen LogP contribution in [0.15, 0.2) is 0 Å². The Hall–Kier alpha value is -0.643. The SMILES string of the molecule is CC(C)(C)[Si](C)(C)OCC[C@]12CC[C@H](CC(=O)OCC(F)(F)F)N1C1(CCCCC1)OC2. The number of rotatable bonds is 7. The number of esters is 1. The second-order valence-electron chi connectivity index (χ2n) is 11.4. The Balaban J connectivity index is 1.72. The number of hydrogen-bond acceptors (Lipinski definition) is 5. The van der Waals surface area contributed by atoms with E-state index in [2.05, 4.69) is 43.5 Å². The molecule has 0 bridgehead atoms. The Kier molecular flexibility index (Phi) is 7.46. The van der Waals surface area contributed by atoms with E-state index in [1.165, 1.54) is 6.42 Å². The van der Waals surface area contributed by atoms with Crippen molar-refractivity contribution < 1.29 is 31.9 Å². The lowest BCUT2D eigenvalue weighted by atomic mass is 9.87. The molecule has 3 fully saturated rings. The lowest BCUT2D eigenvalue weighted by Gasteiger charge is -2.46. The molecular formula is C23H40F3NO4Si. The fourth-order valence-electron chi connectivity index (χ4n) is 5.44. The summed E-state index contributed by atoms with van der Waals surface area (Å²) in [5.41, 5.74) is -0.616. The molecule has 0 aromatic carbocycles. The second-order valence-corrected chi connectivity index (χ2v) is 16.2. The maximum absolute atomic E-state index is 12.5. The minimum atomic E-state index is -4.50. The Bertz CT molecular complexity index is 673. The van der Waals surface area contributed by atoms with Crippen LogP contribution in [0.2, 0.25) is 18.1 Å². The van der Waals surface area contributed by atoms with E-state index in [0.717, 1.165) is 44.9 Å².